The topological polar surface area (TPSA) is 35.6 Å². The van der Waals surface area contributed by atoms with Crippen LogP contribution in [0.1, 0.15) is 26.7 Å². The van der Waals surface area contributed by atoms with Crippen molar-refractivity contribution in [3.63, 3.8) is 0 Å². The summed E-state index contributed by atoms with van der Waals surface area (Å²) in [5, 5.41) is 3.38. The maximum atomic E-state index is 12.3. The minimum Gasteiger partial charge on any atom is -0.341 e. The number of amides is 1. The normalized spacial score (nSPS) is 29.5. The number of halogens is 1. The molecule has 2 fully saturated rings. The molecular formula is C14H28ClN3O. The number of nitrogens with zero attached hydrogens (tertiary/aromatic N) is 2. The molecule has 1 N–H and O–H groups in total. The molecule has 2 heterocycles. The first-order chi connectivity index (χ1) is 8.65. The fraction of sp³-hybridized carbons (Fsp3) is 0.929. The van der Waals surface area contributed by atoms with Crippen LogP contribution in [0.2, 0.25) is 0 Å². The Morgan fingerprint density at radius 2 is 1.84 bits per heavy atom. The third-order valence-electron chi connectivity index (χ3n) is 4.01. The Morgan fingerprint density at radius 1 is 1.16 bits per heavy atom. The summed E-state index contributed by atoms with van der Waals surface area (Å²) < 4.78 is 0. The standard InChI is InChI=1S/C14H27N3O.ClH/c1-12-8-13(2)10-17(9-12)14(18)11-16-6-3-4-15-5-7-16;/h12-13,15H,3-11H2,1-2H3;1H. The van der Waals surface area contributed by atoms with Crippen LogP contribution in [0, 0.1) is 11.8 Å². The summed E-state index contributed by atoms with van der Waals surface area (Å²) in [5.41, 5.74) is 0. The zero-order valence-electron chi connectivity index (χ0n) is 12.2. The fourth-order valence-corrected chi connectivity index (χ4v) is 3.22. The molecule has 0 aromatic rings. The van der Waals surface area contributed by atoms with Crippen LogP contribution in [-0.2, 0) is 4.79 Å². The highest BCUT2D eigenvalue weighted by atomic mass is 35.5. The lowest BCUT2D eigenvalue weighted by atomic mass is 9.92. The van der Waals surface area contributed by atoms with E-state index < -0.39 is 0 Å². The second kappa shape index (κ2) is 8.08. The van der Waals surface area contributed by atoms with Crippen LogP contribution in [0.3, 0.4) is 0 Å². The molecule has 2 rings (SSSR count). The molecule has 2 unspecified atom stereocenters. The summed E-state index contributed by atoms with van der Waals surface area (Å²) >= 11 is 0. The Labute approximate surface area is 123 Å². The second-order valence-corrected chi connectivity index (χ2v) is 6.12. The first-order valence-electron chi connectivity index (χ1n) is 7.36. The van der Waals surface area contributed by atoms with Gasteiger partial charge in [0, 0.05) is 26.2 Å². The van der Waals surface area contributed by atoms with Gasteiger partial charge in [-0.15, -0.1) is 12.4 Å². The van der Waals surface area contributed by atoms with E-state index in [2.05, 4.69) is 29.0 Å². The third-order valence-corrected chi connectivity index (χ3v) is 4.01. The van der Waals surface area contributed by atoms with Crippen LogP contribution in [-0.4, -0.2) is 61.5 Å². The summed E-state index contributed by atoms with van der Waals surface area (Å²) in [5.74, 6) is 1.64. The number of hydrogen-bond acceptors (Lipinski definition) is 3. The van der Waals surface area contributed by atoms with E-state index in [1.165, 1.54) is 6.42 Å². The molecule has 0 aromatic carbocycles. The molecular weight excluding hydrogens is 262 g/mol. The molecule has 19 heavy (non-hydrogen) atoms. The average Bonchev–Trinajstić information content (AvgIpc) is 2.56. The maximum Gasteiger partial charge on any atom is 0.236 e. The zero-order chi connectivity index (χ0) is 13.0. The van der Waals surface area contributed by atoms with E-state index in [0.717, 1.165) is 45.7 Å². The fourth-order valence-electron chi connectivity index (χ4n) is 3.22. The van der Waals surface area contributed by atoms with Crippen molar-refractivity contribution in [1.29, 1.82) is 0 Å². The first kappa shape index (κ1) is 16.7. The highest BCUT2D eigenvalue weighted by Gasteiger charge is 2.26. The van der Waals surface area contributed by atoms with Crippen molar-refractivity contribution in [3.05, 3.63) is 0 Å². The quantitative estimate of drug-likeness (QED) is 0.830. The molecule has 112 valence electrons. The van der Waals surface area contributed by atoms with Crippen molar-refractivity contribution in [2.24, 2.45) is 11.8 Å². The molecule has 0 radical (unpaired) electrons. The summed E-state index contributed by atoms with van der Waals surface area (Å²) in [6, 6.07) is 0. The molecule has 4 nitrogen and oxygen atoms in total. The van der Waals surface area contributed by atoms with E-state index in [9.17, 15) is 4.79 Å². The van der Waals surface area contributed by atoms with Crippen molar-refractivity contribution >= 4 is 18.3 Å². The van der Waals surface area contributed by atoms with Crippen molar-refractivity contribution in [1.82, 2.24) is 15.1 Å². The molecule has 2 aliphatic rings. The number of rotatable bonds is 2. The summed E-state index contributed by atoms with van der Waals surface area (Å²) in [7, 11) is 0. The SMILES string of the molecule is CC1CC(C)CN(C(=O)CN2CCCNCC2)C1.Cl. The second-order valence-electron chi connectivity index (χ2n) is 6.12. The number of carbonyl (C=O) groups is 1. The Bertz CT molecular complexity index is 270. The van der Waals surface area contributed by atoms with E-state index in [4.69, 9.17) is 0 Å². The zero-order valence-corrected chi connectivity index (χ0v) is 13.0. The van der Waals surface area contributed by atoms with Crippen molar-refractivity contribution in [2.45, 2.75) is 26.7 Å². The van der Waals surface area contributed by atoms with Gasteiger partial charge in [-0.2, -0.15) is 0 Å². The highest BCUT2D eigenvalue weighted by molar-refractivity contribution is 5.85. The summed E-state index contributed by atoms with van der Waals surface area (Å²) in [4.78, 5) is 16.7. The largest absolute Gasteiger partial charge is 0.341 e. The van der Waals surface area contributed by atoms with E-state index >= 15 is 0 Å². The van der Waals surface area contributed by atoms with Gasteiger partial charge in [0.1, 0.15) is 0 Å². The molecule has 0 aliphatic carbocycles. The molecule has 2 saturated heterocycles. The number of carbonyl (C=O) groups excluding carboxylic acids is 1. The molecule has 1 amide bonds. The maximum absolute atomic E-state index is 12.3. The van der Waals surface area contributed by atoms with Gasteiger partial charge < -0.3 is 10.2 Å². The van der Waals surface area contributed by atoms with Crippen molar-refractivity contribution in [3.8, 4) is 0 Å². The van der Waals surface area contributed by atoms with Crippen LogP contribution in [0.4, 0.5) is 0 Å². The Morgan fingerprint density at radius 3 is 2.53 bits per heavy atom. The minimum absolute atomic E-state index is 0. The van der Waals surface area contributed by atoms with Gasteiger partial charge in [0.25, 0.3) is 0 Å². The highest BCUT2D eigenvalue weighted by Crippen LogP contribution is 2.21. The third kappa shape index (κ3) is 5.28. The lowest BCUT2D eigenvalue weighted by Gasteiger charge is -2.36. The van der Waals surface area contributed by atoms with Gasteiger partial charge in [-0.1, -0.05) is 13.8 Å². The lowest BCUT2D eigenvalue weighted by Crippen LogP contribution is -2.47. The summed E-state index contributed by atoms with van der Waals surface area (Å²) in [6.07, 6.45) is 2.41. The molecule has 0 aromatic heterocycles. The Balaban J connectivity index is 0.00000180. The van der Waals surface area contributed by atoms with Gasteiger partial charge >= 0.3 is 0 Å². The number of nitrogens with one attached hydrogen (secondary N) is 1. The molecule has 0 bridgehead atoms. The van der Waals surface area contributed by atoms with Crippen molar-refractivity contribution in [2.75, 3.05) is 45.8 Å². The van der Waals surface area contributed by atoms with E-state index in [-0.39, 0.29) is 12.4 Å². The molecule has 2 aliphatic heterocycles. The van der Waals surface area contributed by atoms with E-state index in [0.29, 0.717) is 24.3 Å². The van der Waals surface area contributed by atoms with Gasteiger partial charge in [-0.05, 0) is 37.8 Å². The van der Waals surface area contributed by atoms with Crippen LogP contribution in [0.15, 0.2) is 0 Å². The van der Waals surface area contributed by atoms with Gasteiger partial charge in [0.05, 0.1) is 6.54 Å². The monoisotopic (exact) mass is 289 g/mol. The molecule has 5 heteroatoms. The summed E-state index contributed by atoms with van der Waals surface area (Å²) in [6.45, 7) is 11.2. The van der Waals surface area contributed by atoms with Crippen LogP contribution >= 0.6 is 12.4 Å². The molecule has 2 atom stereocenters. The Hall–Kier alpha value is -0.320. The van der Waals surface area contributed by atoms with Crippen LogP contribution < -0.4 is 5.32 Å². The van der Waals surface area contributed by atoms with E-state index in [1.54, 1.807) is 0 Å². The van der Waals surface area contributed by atoms with E-state index in [1.807, 2.05) is 0 Å². The predicted molar refractivity (Wildman–Crippen MR) is 80.7 cm³/mol. The van der Waals surface area contributed by atoms with Crippen LogP contribution in [0.25, 0.3) is 0 Å². The van der Waals surface area contributed by atoms with Crippen LogP contribution in [0.5, 0.6) is 0 Å². The number of hydrogen-bond donors (Lipinski definition) is 1. The average molecular weight is 290 g/mol. The number of piperidine rings is 1. The van der Waals surface area contributed by atoms with Gasteiger partial charge in [-0.3, -0.25) is 9.69 Å². The van der Waals surface area contributed by atoms with Crippen molar-refractivity contribution < 1.29 is 4.79 Å². The predicted octanol–water partition coefficient (Wildman–Crippen LogP) is 1.21. The van der Waals surface area contributed by atoms with Gasteiger partial charge in [-0.25, -0.2) is 0 Å². The van der Waals surface area contributed by atoms with Gasteiger partial charge in [0.15, 0.2) is 0 Å². The smallest absolute Gasteiger partial charge is 0.236 e. The molecule has 0 spiro atoms. The Kier molecular flexibility index (Phi) is 7.11. The van der Waals surface area contributed by atoms with Gasteiger partial charge in [0.2, 0.25) is 5.91 Å². The molecule has 0 saturated carbocycles. The number of likely N-dealkylation sites (tertiary alicyclic amines) is 1. The lowest BCUT2D eigenvalue weighted by molar-refractivity contribution is -0.135. The first-order valence-corrected chi connectivity index (χ1v) is 7.36. The minimum atomic E-state index is 0.